The van der Waals surface area contributed by atoms with Crippen molar-refractivity contribution in [2.75, 3.05) is 36.4 Å². The van der Waals surface area contributed by atoms with Gasteiger partial charge in [0.15, 0.2) is 0 Å². The maximum Gasteiger partial charge on any atom is 0.227 e. The number of benzene rings is 1. The van der Waals surface area contributed by atoms with Gasteiger partial charge in [0.1, 0.15) is 5.82 Å². The number of piperazine rings is 1. The summed E-state index contributed by atoms with van der Waals surface area (Å²) in [6.45, 7) is 6.96. The van der Waals surface area contributed by atoms with Gasteiger partial charge in [0.05, 0.1) is 0 Å². The van der Waals surface area contributed by atoms with E-state index in [1.54, 1.807) is 4.90 Å². The summed E-state index contributed by atoms with van der Waals surface area (Å²) in [7, 11) is 0. The summed E-state index contributed by atoms with van der Waals surface area (Å²) in [6.07, 6.45) is 0.902. The van der Waals surface area contributed by atoms with Gasteiger partial charge in [0, 0.05) is 43.6 Å². The third-order valence-electron chi connectivity index (χ3n) is 3.88. The smallest absolute Gasteiger partial charge is 0.227 e. The zero-order chi connectivity index (χ0) is 16.2. The molecule has 1 saturated heterocycles. The first-order chi connectivity index (χ1) is 11.1. The standard InChI is InChI=1S/C17H21N5O/c1-13-4-3-5-15(10-13)19-16-11-14(2)18-17(20-16)22-8-6-21(12-23)7-9-22/h3-5,10-12H,6-9H2,1-2H3,(H,18,19,20). The zero-order valence-corrected chi connectivity index (χ0v) is 13.5. The zero-order valence-electron chi connectivity index (χ0n) is 13.5. The molecule has 1 amide bonds. The van der Waals surface area contributed by atoms with Gasteiger partial charge in [-0.05, 0) is 31.5 Å². The van der Waals surface area contributed by atoms with Gasteiger partial charge in [-0.15, -0.1) is 0 Å². The molecule has 1 aliphatic heterocycles. The number of amides is 1. The molecule has 1 aliphatic rings. The van der Waals surface area contributed by atoms with E-state index in [0.29, 0.717) is 19.0 Å². The molecule has 0 atom stereocenters. The average molecular weight is 311 g/mol. The molecule has 0 saturated carbocycles. The second-order valence-electron chi connectivity index (χ2n) is 5.82. The van der Waals surface area contributed by atoms with Crippen molar-refractivity contribution in [3.8, 4) is 0 Å². The molecular weight excluding hydrogens is 290 g/mol. The Labute approximate surface area is 136 Å². The van der Waals surface area contributed by atoms with E-state index in [2.05, 4.69) is 39.2 Å². The van der Waals surface area contributed by atoms with Gasteiger partial charge in [-0.25, -0.2) is 4.98 Å². The Morgan fingerprint density at radius 1 is 1.09 bits per heavy atom. The van der Waals surface area contributed by atoms with Crippen LogP contribution in [-0.4, -0.2) is 47.5 Å². The molecule has 120 valence electrons. The van der Waals surface area contributed by atoms with Crippen molar-refractivity contribution in [3.05, 3.63) is 41.6 Å². The summed E-state index contributed by atoms with van der Waals surface area (Å²) in [5, 5.41) is 3.34. The molecule has 0 radical (unpaired) electrons. The topological polar surface area (TPSA) is 61.4 Å². The second-order valence-corrected chi connectivity index (χ2v) is 5.82. The minimum atomic E-state index is 0.710. The molecule has 0 bridgehead atoms. The van der Waals surface area contributed by atoms with Gasteiger partial charge in [-0.1, -0.05) is 12.1 Å². The number of hydrogen-bond donors (Lipinski definition) is 1. The maximum atomic E-state index is 10.8. The molecule has 6 nitrogen and oxygen atoms in total. The summed E-state index contributed by atoms with van der Waals surface area (Å²) in [4.78, 5) is 23.9. The number of aromatic nitrogens is 2. The molecule has 2 heterocycles. The van der Waals surface area contributed by atoms with Crippen LogP contribution in [0.15, 0.2) is 30.3 Å². The molecule has 23 heavy (non-hydrogen) atoms. The number of anilines is 3. The quantitative estimate of drug-likeness (QED) is 0.876. The lowest BCUT2D eigenvalue weighted by atomic mass is 10.2. The van der Waals surface area contributed by atoms with E-state index in [1.165, 1.54) is 5.56 Å². The third-order valence-corrected chi connectivity index (χ3v) is 3.88. The van der Waals surface area contributed by atoms with Crippen molar-refractivity contribution < 1.29 is 4.79 Å². The van der Waals surface area contributed by atoms with Crippen molar-refractivity contribution in [3.63, 3.8) is 0 Å². The van der Waals surface area contributed by atoms with Crippen molar-refractivity contribution in [1.82, 2.24) is 14.9 Å². The highest BCUT2D eigenvalue weighted by atomic mass is 16.1. The minimum absolute atomic E-state index is 0.710. The molecule has 0 unspecified atom stereocenters. The third kappa shape index (κ3) is 3.77. The second kappa shape index (κ2) is 6.64. The van der Waals surface area contributed by atoms with Crippen LogP contribution < -0.4 is 10.2 Å². The highest BCUT2D eigenvalue weighted by Crippen LogP contribution is 2.20. The van der Waals surface area contributed by atoms with E-state index < -0.39 is 0 Å². The van der Waals surface area contributed by atoms with Crippen LogP contribution >= 0.6 is 0 Å². The van der Waals surface area contributed by atoms with Gasteiger partial charge >= 0.3 is 0 Å². The lowest BCUT2D eigenvalue weighted by Crippen LogP contribution is -2.46. The van der Waals surface area contributed by atoms with Gasteiger partial charge in [-0.3, -0.25) is 4.79 Å². The number of carbonyl (C=O) groups is 1. The fraction of sp³-hybridized carbons (Fsp3) is 0.353. The first-order valence-corrected chi connectivity index (χ1v) is 7.78. The highest BCUT2D eigenvalue weighted by molar-refractivity contribution is 5.58. The van der Waals surface area contributed by atoms with E-state index in [9.17, 15) is 4.79 Å². The molecule has 1 aromatic carbocycles. The van der Waals surface area contributed by atoms with Crippen LogP contribution in [0.4, 0.5) is 17.5 Å². The van der Waals surface area contributed by atoms with Crippen LogP contribution in [0.2, 0.25) is 0 Å². The molecular formula is C17H21N5O. The number of nitrogens with one attached hydrogen (secondary N) is 1. The van der Waals surface area contributed by atoms with E-state index in [4.69, 9.17) is 0 Å². The molecule has 1 aromatic heterocycles. The van der Waals surface area contributed by atoms with Crippen LogP contribution in [0.25, 0.3) is 0 Å². The van der Waals surface area contributed by atoms with Crippen LogP contribution in [0.1, 0.15) is 11.3 Å². The van der Waals surface area contributed by atoms with Crippen LogP contribution in [-0.2, 0) is 4.79 Å². The van der Waals surface area contributed by atoms with E-state index >= 15 is 0 Å². The minimum Gasteiger partial charge on any atom is -0.342 e. The summed E-state index contributed by atoms with van der Waals surface area (Å²) in [5.41, 5.74) is 3.13. The van der Waals surface area contributed by atoms with Gasteiger partial charge < -0.3 is 15.1 Å². The Morgan fingerprint density at radius 3 is 2.57 bits per heavy atom. The molecule has 0 spiro atoms. The largest absolute Gasteiger partial charge is 0.342 e. The Morgan fingerprint density at radius 2 is 1.87 bits per heavy atom. The lowest BCUT2D eigenvalue weighted by molar-refractivity contribution is -0.118. The summed E-state index contributed by atoms with van der Waals surface area (Å²) in [5.74, 6) is 1.50. The Kier molecular flexibility index (Phi) is 4.41. The van der Waals surface area contributed by atoms with Crippen LogP contribution in [0.3, 0.4) is 0 Å². The Hall–Kier alpha value is -2.63. The fourth-order valence-electron chi connectivity index (χ4n) is 2.66. The number of aryl methyl sites for hydroxylation is 2. The lowest BCUT2D eigenvalue weighted by Gasteiger charge is -2.32. The van der Waals surface area contributed by atoms with E-state index in [0.717, 1.165) is 36.7 Å². The number of rotatable bonds is 4. The van der Waals surface area contributed by atoms with Crippen molar-refractivity contribution in [2.24, 2.45) is 0 Å². The van der Waals surface area contributed by atoms with Crippen LogP contribution in [0.5, 0.6) is 0 Å². The average Bonchev–Trinajstić information content (AvgIpc) is 2.54. The fourth-order valence-corrected chi connectivity index (χ4v) is 2.66. The predicted octanol–water partition coefficient (Wildman–Crippen LogP) is 2.12. The molecule has 2 aromatic rings. The number of nitrogens with zero attached hydrogens (tertiary/aromatic N) is 4. The Bertz CT molecular complexity index is 695. The normalized spacial score (nSPS) is 14.7. The summed E-state index contributed by atoms with van der Waals surface area (Å²) >= 11 is 0. The molecule has 6 heteroatoms. The van der Waals surface area contributed by atoms with Crippen molar-refractivity contribution in [2.45, 2.75) is 13.8 Å². The number of carbonyl (C=O) groups excluding carboxylic acids is 1. The maximum absolute atomic E-state index is 10.8. The van der Waals surface area contributed by atoms with Gasteiger partial charge in [-0.2, -0.15) is 4.98 Å². The summed E-state index contributed by atoms with van der Waals surface area (Å²) in [6, 6.07) is 10.1. The predicted molar refractivity (Wildman–Crippen MR) is 91.1 cm³/mol. The monoisotopic (exact) mass is 311 g/mol. The van der Waals surface area contributed by atoms with E-state index in [1.807, 2.05) is 25.1 Å². The first-order valence-electron chi connectivity index (χ1n) is 7.78. The molecule has 0 aliphatic carbocycles. The number of hydrogen-bond acceptors (Lipinski definition) is 5. The molecule has 3 rings (SSSR count). The summed E-state index contributed by atoms with van der Waals surface area (Å²) < 4.78 is 0. The SMILES string of the molecule is Cc1cccc(Nc2cc(C)nc(N3CCN(C=O)CC3)n2)c1. The first kappa shape index (κ1) is 15.3. The van der Waals surface area contributed by atoms with Gasteiger partial charge in [0.25, 0.3) is 0 Å². The van der Waals surface area contributed by atoms with Gasteiger partial charge in [0.2, 0.25) is 12.4 Å². The van der Waals surface area contributed by atoms with E-state index in [-0.39, 0.29) is 0 Å². The van der Waals surface area contributed by atoms with Crippen LogP contribution in [0, 0.1) is 13.8 Å². The Balaban J connectivity index is 1.78. The molecule has 1 fully saturated rings. The highest BCUT2D eigenvalue weighted by Gasteiger charge is 2.18. The van der Waals surface area contributed by atoms with Crippen molar-refractivity contribution in [1.29, 1.82) is 0 Å². The van der Waals surface area contributed by atoms with Crippen molar-refractivity contribution >= 4 is 23.9 Å². The molecule has 1 N–H and O–H groups in total.